The van der Waals surface area contributed by atoms with E-state index >= 15 is 0 Å². The van der Waals surface area contributed by atoms with Crippen molar-refractivity contribution in [2.75, 3.05) is 5.32 Å². The number of Topliss-reactive ketones (excluding diaryl/α,β-unsaturated/α-hetero) is 1. The van der Waals surface area contributed by atoms with E-state index in [0.717, 1.165) is 16.7 Å². The molecule has 0 radical (unpaired) electrons. The van der Waals surface area contributed by atoms with Crippen molar-refractivity contribution in [3.8, 4) is 6.07 Å². The van der Waals surface area contributed by atoms with Gasteiger partial charge in [0.15, 0.2) is 0 Å². The summed E-state index contributed by atoms with van der Waals surface area (Å²) < 4.78 is 0. The molecule has 1 unspecified atom stereocenters. The lowest BCUT2D eigenvalue weighted by Gasteiger charge is -2.12. The van der Waals surface area contributed by atoms with Crippen molar-refractivity contribution in [3.05, 3.63) is 64.7 Å². The molecule has 2 aromatic carbocycles. The van der Waals surface area contributed by atoms with Crippen molar-refractivity contribution in [1.29, 1.82) is 5.26 Å². The number of rotatable bonds is 4. The second kappa shape index (κ2) is 6.89. The molecule has 0 aliphatic rings. The van der Waals surface area contributed by atoms with E-state index in [2.05, 4.69) is 5.32 Å². The summed E-state index contributed by atoms with van der Waals surface area (Å²) in [6.45, 7) is 5.71. The van der Waals surface area contributed by atoms with Gasteiger partial charge in [0.05, 0.1) is 6.07 Å². The molecule has 0 aromatic heterocycles. The van der Waals surface area contributed by atoms with Gasteiger partial charge >= 0.3 is 0 Å². The SMILES string of the molecule is Cc1ccc(NC(=O)C(=O)C(C#N)c2ccccc2C)cc1C. The van der Waals surface area contributed by atoms with E-state index in [1.165, 1.54) is 0 Å². The summed E-state index contributed by atoms with van der Waals surface area (Å²) in [6, 6.07) is 14.4. The zero-order chi connectivity index (χ0) is 17.0. The Morgan fingerprint density at radius 1 is 1.00 bits per heavy atom. The number of carbonyl (C=O) groups is 2. The Morgan fingerprint density at radius 2 is 1.70 bits per heavy atom. The number of nitriles is 1. The van der Waals surface area contributed by atoms with Crippen LogP contribution in [0.25, 0.3) is 0 Å². The number of hydrogen-bond acceptors (Lipinski definition) is 3. The van der Waals surface area contributed by atoms with E-state index < -0.39 is 17.6 Å². The highest BCUT2D eigenvalue weighted by Crippen LogP contribution is 2.21. The van der Waals surface area contributed by atoms with Crippen molar-refractivity contribution < 1.29 is 9.59 Å². The Morgan fingerprint density at radius 3 is 2.30 bits per heavy atom. The molecule has 2 rings (SSSR count). The van der Waals surface area contributed by atoms with E-state index in [4.69, 9.17) is 0 Å². The van der Waals surface area contributed by atoms with E-state index in [9.17, 15) is 14.9 Å². The number of nitrogens with one attached hydrogen (secondary N) is 1. The Balaban J connectivity index is 2.21. The van der Waals surface area contributed by atoms with Crippen molar-refractivity contribution in [3.63, 3.8) is 0 Å². The summed E-state index contributed by atoms with van der Waals surface area (Å²) in [5.74, 6) is -2.62. The van der Waals surface area contributed by atoms with Crippen molar-refractivity contribution >= 4 is 17.4 Å². The first-order valence-corrected chi connectivity index (χ1v) is 7.31. The second-order valence-corrected chi connectivity index (χ2v) is 5.54. The topological polar surface area (TPSA) is 70.0 Å². The number of hydrogen-bond donors (Lipinski definition) is 1. The van der Waals surface area contributed by atoms with Gasteiger partial charge in [-0.15, -0.1) is 0 Å². The van der Waals surface area contributed by atoms with Crippen LogP contribution in [0.3, 0.4) is 0 Å². The van der Waals surface area contributed by atoms with Gasteiger partial charge in [-0.2, -0.15) is 5.26 Å². The molecule has 0 spiro atoms. The summed E-state index contributed by atoms with van der Waals surface area (Å²) in [4.78, 5) is 24.5. The highest BCUT2D eigenvalue weighted by Gasteiger charge is 2.27. The third-order valence-corrected chi connectivity index (χ3v) is 3.88. The maximum Gasteiger partial charge on any atom is 0.293 e. The van der Waals surface area contributed by atoms with Crippen LogP contribution in [-0.4, -0.2) is 11.7 Å². The van der Waals surface area contributed by atoms with Crippen LogP contribution in [0, 0.1) is 32.1 Å². The normalized spacial score (nSPS) is 11.4. The molecule has 0 saturated carbocycles. The third kappa shape index (κ3) is 3.64. The summed E-state index contributed by atoms with van der Waals surface area (Å²) in [7, 11) is 0. The van der Waals surface area contributed by atoms with Crippen LogP contribution in [0.5, 0.6) is 0 Å². The van der Waals surface area contributed by atoms with Crippen LogP contribution in [-0.2, 0) is 9.59 Å². The largest absolute Gasteiger partial charge is 0.319 e. The Bertz CT molecular complexity index is 803. The minimum atomic E-state index is -1.09. The monoisotopic (exact) mass is 306 g/mol. The molecule has 1 atom stereocenters. The number of benzene rings is 2. The van der Waals surface area contributed by atoms with E-state index in [1.54, 1.807) is 24.3 Å². The molecule has 2 aromatic rings. The predicted molar refractivity (Wildman–Crippen MR) is 89.1 cm³/mol. The second-order valence-electron chi connectivity index (χ2n) is 5.54. The lowest BCUT2D eigenvalue weighted by molar-refractivity contribution is -0.135. The van der Waals surface area contributed by atoms with Crippen LogP contribution in [0.2, 0.25) is 0 Å². The molecule has 0 aliphatic heterocycles. The average molecular weight is 306 g/mol. The van der Waals surface area contributed by atoms with E-state index in [-0.39, 0.29) is 0 Å². The zero-order valence-electron chi connectivity index (χ0n) is 13.4. The van der Waals surface area contributed by atoms with Crippen LogP contribution in [0.4, 0.5) is 5.69 Å². The molecule has 0 heterocycles. The molecular weight excluding hydrogens is 288 g/mol. The number of aryl methyl sites for hydroxylation is 3. The van der Waals surface area contributed by atoms with Gasteiger partial charge < -0.3 is 5.32 Å². The predicted octanol–water partition coefficient (Wildman–Crippen LogP) is 3.43. The summed E-state index contributed by atoms with van der Waals surface area (Å²) in [5, 5.41) is 11.9. The Hall–Kier alpha value is -2.93. The third-order valence-electron chi connectivity index (χ3n) is 3.88. The quantitative estimate of drug-likeness (QED) is 0.880. The lowest BCUT2D eigenvalue weighted by atomic mass is 9.92. The van der Waals surface area contributed by atoms with Gasteiger partial charge in [-0.1, -0.05) is 30.3 Å². The van der Waals surface area contributed by atoms with E-state index in [1.807, 2.05) is 45.0 Å². The molecule has 0 bridgehead atoms. The first-order chi connectivity index (χ1) is 10.9. The van der Waals surface area contributed by atoms with Crippen molar-refractivity contribution in [2.45, 2.75) is 26.7 Å². The molecular formula is C19H18N2O2. The molecule has 4 nitrogen and oxygen atoms in total. The molecule has 1 amide bonds. The fourth-order valence-electron chi connectivity index (χ4n) is 2.32. The number of anilines is 1. The minimum absolute atomic E-state index is 0.549. The summed E-state index contributed by atoms with van der Waals surface area (Å²) >= 11 is 0. The molecule has 116 valence electrons. The molecule has 0 fully saturated rings. The van der Waals surface area contributed by atoms with E-state index in [0.29, 0.717) is 11.3 Å². The molecule has 1 N–H and O–H groups in total. The standard InChI is InChI=1S/C19H18N2O2/c1-12-8-9-15(10-14(12)3)21-19(23)18(22)17(11-20)16-7-5-4-6-13(16)2/h4-10,17H,1-3H3,(H,21,23). The van der Waals surface area contributed by atoms with Crippen LogP contribution in [0.1, 0.15) is 28.2 Å². The number of nitrogens with zero attached hydrogens (tertiary/aromatic N) is 1. The summed E-state index contributed by atoms with van der Waals surface area (Å²) in [5.41, 5.74) is 4.05. The average Bonchev–Trinajstić information content (AvgIpc) is 2.53. The van der Waals surface area contributed by atoms with Crippen LogP contribution < -0.4 is 5.32 Å². The first-order valence-electron chi connectivity index (χ1n) is 7.31. The van der Waals surface area contributed by atoms with Crippen molar-refractivity contribution in [1.82, 2.24) is 0 Å². The number of carbonyl (C=O) groups excluding carboxylic acids is 2. The maximum atomic E-state index is 12.3. The maximum absolute atomic E-state index is 12.3. The van der Waals surface area contributed by atoms with Gasteiger partial charge in [-0.05, 0) is 55.2 Å². The lowest BCUT2D eigenvalue weighted by Crippen LogP contribution is -2.28. The Kier molecular flexibility index (Phi) is 4.92. The molecule has 23 heavy (non-hydrogen) atoms. The van der Waals surface area contributed by atoms with Gasteiger partial charge in [-0.3, -0.25) is 9.59 Å². The van der Waals surface area contributed by atoms with Crippen LogP contribution >= 0.6 is 0 Å². The van der Waals surface area contributed by atoms with Gasteiger partial charge in [0.2, 0.25) is 5.78 Å². The first kappa shape index (κ1) is 16.4. The summed E-state index contributed by atoms with van der Waals surface area (Å²) in [6.07, 6.45) is 0. The van der Waals surface area contributed by atoms with Gasteiger partial charge in [-0.25, -0.2) is 0 Å². The van der Waals surface area contributed by atoms with Gasteiger partial charge in [0.25, 0.3) is 5.91 Å². The Labute approximate surface area is 135 Å². The number of amides is 1. The molecule has 4 heteroatoms. The van der Waals surface area contributed by atoms with Crippen LogP contribution in [0.15, 0.2) is 42.5 Å². The smallest absolute Gasteiger partial charge is 0.293 e. The zero-order valence-corrected chi connectivity index (χ0v) is 13.4. The van der Waals surface area contributed by atoms with Crippen molar-refractivity contribution in [2.24, 2.45) is 0 Å². The molecule has 0 saturated heterocycles. The molecule has 0 aliphatic carbocycles. The number of ketones is 1. The van der Waals surface area contributed by atoms with Gasteiger partial charge in [0, 0.05) is 5.69 Å². The fourth-order valence-corrected chi connectivity index (χ4v) is 2.32. The van der Waals surface area contributed by atoms with Gasteiger partial charge in [0.1, 0.15) is 5.92 Å². The fraction of sp³-hybridized carbons (Fsp3) is 0.211. The highest BCUT2D eigenvalue weighted by atomic mass is 16.2. The highest BCUT2D eigenvalue weighted by molar-refractivity contribution is 6.43. The minimum Gasteiger partial charge on any atom is -0.319 e.